The summed E-state index contributed by atoms with van der Waals surface area (Å²) in [6, 6.07) is 20.4. The molecule has 29 heavy (non-hydrogen) atoms. The lowest BCUT2D eigenvalue weighted by atomic mass is 10.2. The quantitative estimate of drug-likeness (QED) is 0.318. The molecule has 3 aromatic rings. The van der Waals surface area contributed by atoms with Gasteiger partial charge in [0, 0.05) is 27.7 Å². The Morgan fingerprint density at radius 2 is 1.86 bits per heavy atom. The number of nitrogens with one attached hydrogen (secondary N) is 1. The molecular formula is C21H16BrN3O4. The zero-order valence-electron chi connectivity index (χ0n) is 15.1. The normalized spacial score (nSPS) is 10.7. The van der Waals surface area contributed by atoms with Gasteiger partial charge in [-0.15, -0.1) is 0 Å². The molecule has 0 aromatic heterocycles. The Hall–Kier alpha value is -3.52. The fourth-order valence-electron chi connectivity index (χ4n) is 2.47. The SMILES string of the molecule is O=C(N/N=C\c1ccccc1OCc1cccc(Br)c1)c1ccc([N+](=O)[O-])cc1. The maximum absolute atomic E-state index is 12.1. The van der Waals surface area contributed by atoms with Crippen LogP contribution in [-0.2, 0) is 6.61 Å². The molecular weight excluding hydrogens is 438 g/mol. The Labute approximate surface area is 175 Å². The number of amides is 1. The van der Waals surface area contributed by atoms with Crippen molar-refractivity contribution in [2.45, 2.75) is 6.61 Å². The predicted octanol–water partition coefficient (Wildman–Crippen LogP) is 4.70. The van der Waals surface area contributed by atoms with Crippen LogP contribution in [0.15, 0.2) is 82.4 Å². The molecule has 0 heterocycles. The third-order valence-corrected chi connectivity index (χ3v) is 4.41. The van der Waals surface area contributed by atoms with Gasteiger partial charge < -0.3 is 4.74 Å². The molecule has 0 aliphatic heterocycles. The highest BCUT2D eigenvalue weighted by Crippen LogP contribution is 2.19. The van der Waals surface area contributed by atoms with Gasteiger partial charge >= 0.3 is 0 Å². The zero-order valence-corrected chi connectivity index (χ0v) is 16.7. The lowest BCUT2D eigenvalue weighted by Gasteiger charge is -2.09. The number of nitro benzene ring substituents is 1. The van der Waals surface area contributed by atoms with Crippen molar-refractivity contribution in [2.75, 3.05) is 0 Å². The van der Waals surface area contributed by atoms with E-state index in [2.05, 4.69) is 26.5 Å². The van der Waals surface area contributed by atoms with E-state index in [1.807, 2.05) is 48.5 Å². The van der Waals surface area contributed by atoms with E-state index in [4.69, 9.17) is 4.74 Å². The Morgan fingerprint density at radius 3 is 2.59 bits per heavy atom. The largest absolute Gasteiger partial charge is 0.488 e. The van der Waals surface area contributed by atoms with Gasteiger partial charge in [0.1, 0.15) is 12.4 Å². The van der Waals surface area contributed by atoms with E-state index < -0.39 is 10.8 Å². The number of non-ortho nitro benzene ring substituents is 1. The first-order chi connectivity index (χ1) is 14.0. The molecule has 0 aliphatic carbocycles. The number of nitrogens with zero attached hydrogens (tertiary/aromatic N) is 2. The van der Waals surface area contributed by atoms with E-state index in [1.54, 1.807) is 0 Å². The van der Waals surface area contributed by atoms with Gasteiger partial charge in [0.15, 0.2) is 0 Å². The van der Waals surface area contributed by atoms with E-state index in [0.717, 1.165) is 10.0 Å². The maximum atomic E-state index is 12.1. The van der Waals surface area contributed by atoms with E-state index in [0.29, 0.717) is 17.9 Å². The van der Waals surface area contributed by atoms with Crippen molar-refractivity contribution in [3.63, 3.8) is 0 Å². The van der Waals surface area contributed by atoms with Crippen LogP contribution in [0.2, 0.25) is 0 Å². The summed E-state index contributed by atoms with van der Waals surface area (Å²) in [5.41, 5.74) is 4.30. The molecule has 7 nitrogen and oxygen atoms in total. The molecule has 0 saturated carbocycles. The second-order valence-electron chi connectivity index (χ2n) is 5.96. The van der Waals surface area contributed by atoms with Crippen LogP contribution < -0.4 is 10.2 Å². The third-order valence-electron chi connectivity index (χ3n) is 3.91. The van der Waals surface area contributed by atoms with Crippen LogP contribution >= 0.6 is 15.9 Å². The van der Waals surface area contributed by atoms with Crippen LogP contribution in [0.25, 0.3) is 0 Å². The number of nitro groups is 1. The summed E-state index contributed by atoms with van der Waals surface area (Å²) in [5, 5.41) is 14.6. The van der Waals surface area contributed by atoms with Crippen LogP contribution in [0.3, 0.4) is 0 Å². The monoisotopic (exact) mass is 453 g/mol. The average molecular weight is 454 g/mol. The number of para-hydroxylation sites is 1. The molecule has 3 aromatic carbocycles. The van der Waals surface area contributed by atoms with Gasteiger partial charge in [-0.05, 0) is 42.0 Å². The minimum absolute atomic E-state index is 0.0819. The number of carbonyl (C=O) groups excluding carboxylic acids is 1. The molecule has 0 saturated heterocycles. The van der Waals surface area contributed by atoms with Gasteiger partial charge in [0.25, 0.3) is 11.6 Å². The van der Waals surface area contributed by atoms with Crippen LogP contribution in [0, 0.1) is 10.1 Å². The van der Waals surface area contributed by atoms with Crippen molar-refractivity contribution in [1.82, 2.24) is 5.43 Å². The maximum Gasteiger partial charge on any atom is 0.271 e. The Balaban J connectivity index is 1.63. The Kier molecular flexibility index (Phi) is 6.70. The van der Waals surface area contributed by atoms with Crippen LogP contribution in [0.1, 0.15) is 21.5 Å². The fraction of sp³-hybridized carbons (Fsp3) is 0.0476. The summed E-state index contributed by atoms with van der Waals surface area (Å²) in [7, 11) is 0. The lowest BCUT2D eigenvalue weighted by molar-refractivity contribution is -0.384. The first-order valence-electron chi connectivity index (χ1n) is 8.57. The minimum atomic E-state index is -0.523. The molecule has 0 atom stereocenters. The lowest BCUT2D eigenvalue weighted by Crippen LogP contribution is -2.17. The number of carbonyl (C=O) groups is 1. The summed E-state index contributed by atoms with van der Waals surface area (Å²) in [4.78, 5) is 22.3. The topological polar surface area (TPSA) is 93.8 Å². The van der Waals surface area contributed by atoms with Crippen molar-refractivity contribution in [3.05, 3.63) is 104 Å². The van der Waals surface area contributed by atoms with E-state index >= 15 is 0 Å². The molecule has 0 radical (unpaired) electrons. The number of halogens is 1. The number of ether oxygens (including phenoxy) is 1. The molecule has 0 aliphatic rings. The smallest absolute Gasteiger partial charge is 0.271 e. The van der Waals surface area contributed by atoms with E-state index in [-0.39, 0.29) is 11.3 Å². The number of hydrazone groups is 1. The van der Waals surface area contributed by atoms with Crippen molar-refractivity contribution < 1.29 is 14.5 Å². The highest BCUT2D eigenvalue weighted by Gasteiger charge is 2.09. The highest BCUT2D eigenvalue weighted by molar-refractivity contribution is 9.10. The van der Waals surface area contributed by atoms with Crippen LogP contribution in [-0.4, -0.2) is 17.0 Å². The highest BCUT2D eigenvalue weighted by atomic mass is 79.9. The second-order valence-corrected chi connectivity index (χ2v) is 6.88. The van der Waals surface area contributed by atoms with Crippen LogP contribution in [0.5, 0.6) is 5.75 Å². The number of benzene rings is 3. The van der Waals surface area contributed by atoms with Crippen molar-refractivity contribution in [3.8, 4) is 5.75 Å². The molecule has 8 heteroatoms. The Bertz CT molecular complexity index is 1050. The fourth-order valence-corrected chi connectivity index (χ4v) is 2.91. The van der Waals surface area contributed by atoms with Gasteiger partial charge in [-0.3, -0.25) is 14.9 Å². The molecule has 0 spiro atoms. The second kappa shape index (κ2) is 9.61. The first-order valence-corrected chi connectivity index (χ1v) is 9.36. The molecule has 146 valence electrons. The van der Waals surface area contributed by atoms with Gasteiger partial charge in [0.2, 0.25) is 0 Å². The number of rotatable bonds is 7. The first kappa shape index (κ1) is 20.2. The summed E-state index contributed by atoms with van der Waals surface area (Å²) >= 11 is 3.43. The summed E-state index contributed by atoms with van der Waals surface area (Å²) in [6.07, 6.45) is 1.49. The molecule has 3 rings (SSSR count). The summed E-state index contributed by atoms with van der Waals surface area (Å²) in [6.45, 7) is 0.388. The van der Waals surface area contributed by atoms with E-state index in [1.165, 1.54) is 30.5 Å². The standard InChI is InChI=1S/C21H16BrN3O4/c22-18-6-3-4-15(12-18)14-29-20-7-2-1-5-17(20)13-23-24-21(26)16-8-10-19(11-9-16)25(27)28/h1-13H,14H2,(H,24,26)/b23-13-. The molecule has 1 N–H and O–H groups in total. The van der Waals surface area contributed by atoms with Crippen molar-refractivity contribution >= 4 is 33.7 Å². The molecule has 0 fully saturated rings. The Morgan fingerprint density at radius 1 is 1.10 bits per heavy atom. The molecule has 0 unspecified atom stereocenters. The summed E-state index contributed by atoms with van der Waals surface area (Å²) < 4.78 is 6.84. The van der Waals surface area contributed by atoms with Crippen molar-refractivity contribution in [2.24, 2.45) is 5.10 Å². The minimum Gasteiger partial charge on any atom is -0.488 e. The van der Waals surface area contributed by atoms with Gasteiger partial charge in [-0.25, -0.2) is 5.43 Å². The van der Waals surface area contributed by atoms with Gasteiger partial charge in [0.05, 0.1) is 11.1 Å². The number of hydrogen-bond acceptors (Lipinski definition) is 5. The summed E-state index contributed by atoms with van der Waals surface area (Å²) in [5.74, 6) is 0.157. The van der Waals surface area contributed by atoms with Crippen molar-refractivity contribution in [1.29, 1.82) is 0 Å². The van der Waals surface area contributed by atoms with Gasteiger partial charge in [-0.2, -0.15) is 5.10 Å². The molecule has 0 bridgehead atoms. The predicted molar refractivity (Wildman–Crippen MR) is 113 cm³/mol. The molecule has 1 amide bonds. The van der Waals surface area contributed by atoms with Gasteiger partial charge in [-0.1, -0.05) is 40.2 Å². The average Bonchev–Trinajstić information content (AvgIpc) is 2.73. The van der Waals surface area contributed by atoms with Crippen LogP contribution in [0.4, 0.5) is 5.69 Å². The van der Waals surface area contributed by atoms with E-state index in [9.17, 15) is 14.9 Å². The number of hydrogen-bond donors (Lipinski definition) is 1. The zero-order chi connectivity index (χ0) is 20.6. The third kappa shape index (κ3) is 5.73.